The van der Waals surface area contributed by atoms with Crippen LogP contribution < -0.4 is 5.32 Å². The fraction of sp³-hybridized carbons (Fsp3) is 0.500. The molecule has 2 N–H and O–H groups in total. The summed E-state index contributed by atoms with van der Waals surface area (Å²) >= 11 is 3.35. The lowest BCUT2D eigenvalue weighted by atomic mass is 9.87. The van der Waals surface area contributed by atoms with Gasteiger partial charge in [0, 0.05) is 16.6 Å². The van der Waals surface area contributed by atoms with Crippen molar-refractivity contribution in [2.45, 2.75) is 31.8 Å². The van der Waals surface area contributed by atoms with E-state index in [1.807, 2.05) is 24.3 Å². The number of rotatable bonds is 3. The molecule has 0 atom stereocenters. The first kappa shape index (κ1) is 13.6. The lowest BCUT2D eigenvalue weighted by molar-refractivity contribution is 0.0910. The molecule has 4 heteroatoms. The third kappa shape index (κ3) is 3.82. The molecule has 1 fully saturated rings. The van der Waals surface area contributed by atoms with Gasteiger partial charge >= 0.3 is 0 Å². The molecule has 98 valence electrons. The number of carbonyl (C=O) groups is 1. The van der Waals surface area contributed by atoms with Crippen molar-refractivity contribution in [3.63, 3.8) is 0 Å². The molecule has 0 radical (unpaired) electrons. The molecule has 0 heterocycles. The first-order valence-electron chi connectivity index (χ1n) is 6.37. The van der Waals surface area contributed by atoms with Gasteiger partial charge in [-0.25, -0.2) is 0 Å². The van der Waals surface area contributed by atoms with Crippen LogP contribution >= 0.6 is 15.9 Å². The van der Waals surface area contributed by atoms with Crippen molar-refractivity contribution in [2.24, 2.45) is 5.92 Å². The van der Waals surface area contributed by atoms with Crippen molar-refractivity contribution in [3.05, 3.63) is 34.3 Å². The Morgan fingerprint density at radius 3 is 2.44 bits per heavy atom. The van der Waals surface area contributed by atoms with Gasteiger partial charge in [-0.2, -0.15) is 0 Å². The summed E-state index contributed by atoms with van der Waals surface area (Å²) in [7, 11) is 0. The predicted octanol–water partition coefficient (Wildman–Crippen LogP) is 2.73. The Kier molecular flexibility index (Phi) is 4.78. The molecule has 1 amide bonds. The largest absolute Gasteiger partial charge is 0.393 e. The predicted molar refractivity (Wildman–Crippen MR) is 74.4 cm³/mol. The van der Waals surface area contributed by atoms with E-state index in [0.717, 1.165) is 30.2 Å². The number of amides is 1. The number of hydrogen-bond acceptors (Lipinski definition) is 2. The Labute approximate surface area is 116 Å². The number of nitrogens with one attached hydrogen (secondary N) is 1. The number of aliphatic hydroxyl groups excluding tert-OH is 1. The zero-order chi connectivity index (χ0) is 13.0. The van der Waals surface area contributed by atoms with Crippen LogP contribution in [0.15, 0.2) is 28.7 Å². The first-order chi connectivity index (χ1) is 8.65. The second kappa shape index (κ2) is 6.34. The minimum absolute atomic E-state index is 0.0198. The summed E-state index contributed by atoms with van der Waals surface area (Å²) in [5.74, 6) is 0.487. The maximum absolute atomic E-state index is 11.9. The van der Waals surface area contributed by atoms with Gasteiger partial charge in [-0.1, -0.05) is 15.9 Å². The number of aliphatic hydroxyl groups is 1. The van der Waals surface area contributed by atoms with Gasteiger partial charge in [0.05, 0.1) is 6.10 Å². The summed E-state index contributed by atoms with van der Waals surface area (Å²) in [6.07, 6.45) is 3.59. The monoisotopic (exact) mass is 311 g/mol. The summed E-state index contributed by atoms with van der Waals surface area (Å²) in [4.78, 5) is 11.9. The zero-order valence-electron chi connectivity index (χ0n) is 10.2. The molecule has 1 saturated carbocycles. The van der Waals surface area contributed by atoms with E-state index in [2.05, 4.69) is 21.2 Å². The van der Waals surface area contributed by atoms with E-state index in [1.165, 1.54) is 0 Å². The molecule has 0 aromatic heterocycles. The molecule has 3 nitrogen and oxygen atoms in total. The van der Waals surface area contributed by atoms with Crippen LogP contribution in [0.4, 0.5) is 0 Å². The highest BCUT2D eigenvalue weighted by Crippen LogP contribution is 2.23. The van der Waals surface area contributed by atoms with Crippen molar-refractivity contribution >= 4 is 21.8 Å². The van der Waals surface area contributed by atoms with Crippen LogP contribution in [-0.2, 0) is 0 Å². The molecular formula is C14H18BrNO2. The summed E-state index contributed by atoms with van der Waals surface area (Å²) in [5.41, 5.74) is 0.689. The quantitative estimate of drug-likeness (QED) is 0.901. The summed E-state index contributed by atoms with van der Waals surface area (Å²) in [6.45, 7) is 0.710. The molecule has 0 saturated heterocycles. The van der Waals surface area contributed by atoms with Gasteiger partial charge in [-0.3, -0.25) is 4.79 Å². The van der Waals surface area contributed by atoms with E-state index in [-0.39, 0.29) is 12.0 Å². The molecule has 1 aromatic rings. The van der Waals surface area contributed by atoms with Gasteiger partial charge < -0.3 is 10.4 Å². The fourth-order valence-electron chi connectivity index (χ4n) is 2.29. The van der Waals surface area contributed by atoms with E-state index >= 15 is 0 Å². The highest BCUT2D eigenvalue weighted by molar-refractivity contribution is 9.10. The second-order valence-corrected chi connectivity index (χ2v) is 5.81. The number of benzene rings is 1. The Morgan fingerprint density at radius 1 is 1.22 bits per heavy atom. The lowest BCUT2D eigenvalue weighted by Crippen LogP contribution is -2.32. The van der Waals surface area contributed by atoms with E-state index < -0.39 is 0 Å². The van der Waals surface area contributed by atoms with Crippen molar-refractivity contribution in [1.82, 2.24) is 5.32 Å². The van der Waals surface area contributed by atoms with Gasteiger partial charge in [-0.15, -0.1) is 0 Å². The van der Waals surface area contributed by atoms with Crippen LogP contribution in [0.25, 0.3) is 0 Å². The van der Waals surface area contributed by atoms with Crippen molar-refractivity contribution in [3.8, 4) is 0 Å². The van der Waals surface area contributed by atoms with E-state index in [0.29, 0.717) is 18.0 Å². The highest BCUT2D eigenvalue weighted by Gasteiger charge is 2.19. The van der Waals surface area contributed by atoms with Gasteiger partial charge in [0.15, 0.2) is 0 Å². The third-order valence-electron chi connectivity index (χ3n) is 3.47. The highest BCUT2D eigenvalue weighted by atomic mass is 79.9. The topological polar surface area (TPSA) is 49.3 Å². The molecule has 18 heavy (non-hydrogen) atoms. The summed E-state index contributed by atoms with van der Waals surface area (Å²) in [5, 5.41) is 12.4. The zero-order valence-corrected chi connectivity index (χ0v) is 11.8. The molecule has 0 aliphatic heterocycles. The van der Waals surface area contributed by atoms with Crippen LogP contribution in [0.1, 0.15) is 36.0 Å². The molecule has 1 aliphatic rings. The minimum atomic E-state index is -0.136. The minimum Gasteiger partial charge on any atom is -0.393 e. The van der Waals surface area contributed by atoms with Gasteiger partial charge in [0.25, 0.3) is 5.91 Å². The molecule has 1 aliphatic carbocycles. The Balaban J connectivity index is 1.79. The van der Waals surface area contributed by atoms with E-state index in [9.17, 15) is 9.90 Å². The Bertz CT molecular complexity index is 397. The standard InChI is InChI=1S/C14H18BrNO2/c15-12-5-3-11(4-6-12)14(18)16-9-10-1-7-13(17)8-2-10/h3-6,10,13,17H,1-2,7-9H2,(H,16,18). The van der Waals surface area contributed by atoms with Crippen LogP contribution in [0.2, 0.25) is 0 Å². The maximum Gasteiger partial charge on any atom is 0.251 e. The molecule has 1 aromatic carbocycles. The molecule has 0 unspecified atom stereocenters. The Morgan fingerprint density at radius 2 is 1.83 bits per heavy atom. The normalized spacial score (nSPS) is 23.7. The maximum atomic E-state index is 11.9. The van der Waals surface area contributed by atoms with Gasteiger partial charge in [0.1, 0.15) is 0 Å². The molecule has 0 bridgehead atoms. The van der Waals surface area contributed by atoms with Crippen LogP contribution in [-0.4, -0.2) is 23.7 Å². The van der Waals surface area contributed by atoms with Crippen molar-refractivity contribution < 1.29 is 9.90 Å². The average molecular weight is 312 g/mol. The smallest absolute Gasteiger partial charge is 0.251 e. The van der Waals surface area contributed by atoms with Crippen LogP contribution in [0.3, 0.4) is 0 Å². The fourth-order valence-corrected chi connectivity index (χ4v) is 2.55. The van der Waals surface area contributed by atoms with Gasteiger partial charge in [0.2, 0.25) is 0 Å². The molecular weight excluding hydrogens is 294 g/mol. The molecule has 2 rings (SSSR count). The number of halogens is 1. The van der Waals surface area contributed by atoms with Crippen molar-refractivity contribution in [1.29, 1.82) is 0 Å². The summed E-state index contributed by atoms with van der Waals surface area (Å²) < 4.78 is 0.973. The van der Waals surface area contributed by atoms with Crippen molar-refractivity contribution in [2.75, 3.05) is 6.54 Å². The first-order valence-corrected chi connectivity index (χ1v) is 7.16. The average Bonchev–Trinajstić information content (AvgIpc) is 2.38. The SMILES string of the molecule is O=C(NCC1CCC(O)CC1)c1ccc(Br)cc1. The number of hydrogen-bond donors (Lipinski definition) is 2. The van der Waals surface area contributed by atoms with Crippen LogP contribution in [0, 0.1) is 5.92 Å². The second-order valence-electron chi connectivity index (χ2n) is 4.89. The van der Waals surface area contributed by atoms with E-state index in [1.54, 1.807) is 0 Å². The Hall–Kier alpha value is -0.870. The number of carbonyl (C=O) groups excluding carboxylic acids is 1. The van der Waals surface area contributed by atoms with E-state index in [4.69, 9.17) is 0 Å². The van der Waals surface area contributed by atoms with Crippen LogP contribution in [0.5, 0.6) is 0 Å². The third-order valence-corrected chi connectivity index (χ3v) is 4.00. The molecule has 0 spiro atoms. The lowest BCUT2D eigenvalue weighted by Gasteiger charge is -2.25. The summed E-state index contributed by atoms with van der Waals surface area (Å²) in [6, 6.07) is 7.35. The van der Waals surface area contributed by atoms with Gasteiger partial charge in [-0.05, 0) is 55.9 Å².